The van der Waals surface area contributed by atoms with Crippen molar-refractivity contribution in [3.63, 3.8) is 0 Å². The maximum Gasteiger partial charge on any atom is 0.234 e. The SMILES string of the molecule is CCCCc1ccc(NC(=O)CSc2nnc(-c3ccccc3C)n2N)cc1. The van der Waals surface area contributed by atoms with Gasteiger partial charge in [0.1, 0.15) is 0 Å². The molecule has 1 amide bonds. The van der Waals surface area contributed by atoms with Crippen molar-refractivity contribution in [1.29, 1.82) is 0 Å². The Morgan fingerprint density at radius 1 is 1.14 bits per heavy atom. The first-order valence-electron chi connectivity index (χ1n) is 9.36. The molecule has 0 aliphatic carbocycles. The van der Waals surface area contributed by atoms with E-state index in [1.54, 1.807) is 0 Å². The molecule has 3 aromatic rings. The topological polar surface area (TPSA) is 85.8 Å². The molecule has 6 nitrogen and oxygen atoms in total. The predicted molar refractivity (Wildman–Crippen MR) is 115 cm³/mol. The summed E-state index contributed by atoms with van der Waals surface area (Å²) in [6.45, 7) is 4.18. The summed E-state index contributed by atoms with van der Waals surface area (Å²) in [5.41, 5.74) is 4.07. The van der Waals surface area contributed by atoms with E-state index in [0.29, 0.717) is 11.0 Å². The first-order chi connectivity index (χ1) is 13.6. The van der Waals surface area contributed by atoms with E-state index < -0.39 is 0 Å². The monoisotopic (exact) mass is 395 g/mol. The Labute approximate surface area is 169 Å². The second-order valence-electron chi connectivity index (χ2n) is 6.63. The number of nitrogens with zero attached hydrogens (tertiary/aromatic N) is 3. The fraction of sp³-hybridized carbons (Fsp3) is 0.286. The first-order valence-corrected chi connectivity index (χ1v) is 10.3. The fourth-order valence-electron chi connectivity index (χ4n) is 2.85. The summed E-state index contributed by atoms with van der Waals surface area (Å²) in [6.07, 6.45) is 3.41. The molecule has 0 aliphatic heterocycles. The molecule has 3 N–H and O–H groups in total. The second-order valence-corrected chi connectivity index (χ2v) is 7.57. The first kappa shape index (κ1) is 19.9. The number of nitrogens with two attached hydrogens (primary N) is 1. The van der Waals surface area contributed by atoms with Crippen molar-refractivity contribution in [2.75, 3.05) is 16.9 Å². The minimum Gasteiger partial charge on any atom is -0.335 e. The molecular weight excluding hydrogens is 370 g/mol. The van der Waals surface area contributed by atoms with Crippen LogP contribution in [0.3, 0.4) is 0 Å². The minimum atomic E-state index is -0.105. The number of hydrogen-bond acceptors (Lipinski definition) is 5. The highest BCUT2D eigenvalue weighted by atomic mass is 32.2. The molecule has 0 saturated carbocycles. The number of amides is 1. The zero-order valence-electron chi connectivity index (χ0n) is 16.2. The third-order valence-electron chi connectivity index (χ3n) is 4.44. The summed E-state index contributed by atoms with van der Waals surface area (Å²) in [4.78, 5) is 12.3. The minimum absolute atomic E-state index is 0.105. The van der Waals surface area contributed by atoms with Crippen LogP contribution >= 0.6 is 11.8 Å². The van der Waals surface area contributed by atoms with Crippen molar-refractivity contribution < 1.29 is 4.79 Å². The predicted octanol–water partition coefficient (Wildman–Crippen LogP) is 4.04. The highest BCUT2D eigenvalue weighted by Crippen LogP contribution is 2.24. The summed E-state index contributed by atoms with van der Waals surface area (Å²) >= 11 is 1.26. The van der Waals surface area contributed by atoms with Gasteiger partial charge in [-0.25, -0.2) is 4.68 Å². The second kappa shape index (κ2) is 9.41. The Hall–Kier alpha value is -2.80. The molecule has 0 bridgehead atoms. The number of anilines is 1. The van der Waals surface area contributed by atoms with E-state index >= 15 is 0 Å². The standard InChI is InChI=1S/C21H25N5OS/c1-3-4-8-16-10-12-17(13-11-16)23-19(27)14-28-21-25-24-20(26(21)22)18-9-6-5-7-15(18)2/h5-7,9-13H,3-4,8,14,22H2,1-2H3,(H,23,27). The molecular formula is C21H25N5OS. The molecule has 146 valence electrons. The van der Waals surface area contributed by atoms with Crippen LogP contribution < -0.4 is 11.2 Å². The third-order valence-corrected chi connectivity index (χ3v) is 5.38. The van der Waals surface area contributed by atoms with E-state index in [9.17, 15) is 4.79 Å². The molecule has 0 spiro atoms. The Balaban J connectivity index is 1.57. The van der Waals surface area contributed by atoms with Crippen molar-refractivity contribution >= 4 is 23.4 Å². The number of nitrogens with one attached hydrogen (secondary N) is 1. The molecule has 0 saturated heterocycles. The molecule has 0 radical (unpaired) electrons. The Kier molecular flexibility index (Phi) is 6.71. The fourth-order valence-corrected chi connectivity index (χ4v) is 3.50. The van der Waals surface area contributed by atoms with Gasteiger partial charge in [0.15, 0.2) is 5.82 Å². The average molecular weight is 396 g/mol. The summed E-state index contributed by atoms with van der Waals surface area (Å²) in [5.74, 6) is 6.83. The quantitative estimate of drug-likeness (QED) is 0.444. The molecule has 3 rings (SSSR count). The van der Waals surface area contributed by atoms with Crippen LogP contribution in [0.25, 0.3) is 11.4 Å². The van der Waals surface area contributed by atoms with Crippen LogP contribution in [0.2, 0.25) is 0 Å². The van der Waals surface area contributed by atoms with Crippen molar-refractivity contribution in [2.24, 2.45) is 0 Å². The molecule has 28 heavy (non-hydrogen) atoms. The Bertz CT molecular complexity index is 936. The van der Waals surface area contributed by atoms with Crippen molar-refractivity contribution in [3.8, 4) is 11.4 Å². The summed E-state index contributed by atoms with van der Waals surface area (Å²) in [7, 11) is 0. The molecule has 7 heteroatoms. The van der Waals surface area contributed by atoms with Gasteiger partial charge in [-0.05, 0) is 43.0 Å². The molecule has 0 aliphatic rings. The van der Waals surface area contributed by atoms with Gasteiger partial charge >= 0.3 is 0 Å². The Morgan fingerprint density at radius 3 is 2.61 bits per heavy atom. The summed E-state index contributed by atoms with van der Waals surface area (Å²) in [6, 6.07) is 15.8. The van der Waals surface area contributed by atoms with Crippen molar-refractivity contribution in [3.05, 3.63) is 59.7 Å². The molecule has 1 aromatic heterocycles. The van der Waals surface area contributed by atoms with Gasteiger partial charge in [-0.15, -0.1) is 10.2 Å². The van der Waals surface area contributed by atoms with E-state index in [2.05, 4.69) is 34.6 Å². The normalized spacial score (nSPS) is 10.8. The number of carbonyl (C=O) groups is 1. The smallest absolute Gasteiger partial charge is 0.234 e. The third kappa shape index (κ3) is 4.92. The van der Waals surface area contributed by atoms with Crippen LogP contribution in [-0.2, 0) is 11.2 Å². The van der Waals surface area contributed by atoms with Gasteiger partial charge in [0.2, 0.25) is 11.1 Å². The van der Waals surface area contributed by atoms with Gasteiger partial charge in [0.25, 0.3) is 0 Å². The van der Waals surface area contributed by atoms with Gasteiger partial charge in [0, 0.05) is 11.3 Å². The van der Waals surface area contributed by atoms with E-state index in [1.165, 1.54) is 34.8 Å². The number of aryl methyl sites for hydroxylation is 2. The van der Waals surface area contributed by atoms with E-state index in [4.69, 9.17) is 5.84 Å². The van der Waals surface area contributed by atoms with Crippen LogP contribution in [-0.4, -0.2) is 26.5 Å². The lowest BCUT2D eigenvalue weighted by Crippen LogP contribution is -2.16. The lowest BCUT2D eigenvalue weighted by molar-refractivity contribution is -0.113. The van der Waals surface area contributed by atoms with Gasteiger partial charge in [-0.2, -0.15) is 0 Å². The van der Waals surface area contributed by atoms with E-state index in [1.807, 2.05) is 43.3 Å². The zero-order valence-corrected chi connectivity index (χ0v) is 17.0. The number of thioether (sulfide) groups is 1. The molecule has 1 heterocycles. The molecule has 0 atom stereocenters. The molecule has 0 fully saturated rings. The van der Waals surface area contributed by atoms with Crippen molar-refractivity contribution in [1.82, 2.24) is 14.9 Å². The van der Waals surface area contributed by atoms with Gasteiger partial charge in [0.05, 0.1) is 5.75 Å². The number of benzene rings is 2. The van der Waals surface area contributed by atoms with E-state index in [-0.39, 0.29) is 11.7 Å². The highest BCUT2D eigenvalue weighted by molar-refractivity contribution is 7.99. The summed E-state index contributed by atoms with van der Waals surface area (Å²) < 4.78 is 1.43. The number of rotatable bonds is 8. The highest BCUT2D eigenvalue weighted by Gasteiger charge is 2.15. The summed E-state index contributed by atoms with van der Waals surface area (Å²) in [5, 5.41) is 11.7. The number of nitrogen functional groups attached to an aromatic ring is 1. The number of unbranched alkanes of at least 4 members (excludes halogenated alkanes) is 1. The van der Waals surface area contributed by atoms with E-state index in [0.717, 1.165) is 23.2 Å². The lowest BCUT2D eigenvalue weighted by atomic mass is 10.1. The Morgan fingerprint density at radius 2 is 1.89 bits per heavy atom. The maximum atomic E-state index is 12.3. The molecule has 0 unspecified atom stereocenters. The van der Waals surface area contributed by atoms with Crippen LogP contribution in [0.4, 0.5) is 5.69 Å². The van der Waals surface area contributed by atoms with Crippen LogP contribution in [0.5, 0.6) is 0 Å². The van der Waals surface area contributed by atoms with Gasteiger partial charge in [-0.1, -0.05) is 61.5 Å². The van der Waals surface area contributed by atoms with Gasteiger partial charge in [-0.3, -0.25) is 4.79 Å². The largest absolute Gasteiger partial charge is 0.335 e. The van der Waals surface area contributed by atoms with Gasteiger partial charge < -0.3 is 11.2 Å². The molecule has 2 aromatic carbocycles. The van der Waals surface area contributed by atoms with Crippen LogP contribution in [0.1, 0.15) is 30.9 Å². The van der Waals surface area contributed by atoms with Crippen molar-refractivity contribution in [2.45, 2.75) is 38.3 Å². The van der Waals surface area contributed by atoms with Crippen LogP contribution in [0, 0.1) is 6.92 Å². The zero-order chi connectivity index (χ0) is 19.9. The lowest BCUT2D eigenvalue weighted by Gasteiger charge is -2.07. The number of hydrogen-bond donors (Lipinski definition) is 2. The van der Waals surface area contributed by atoms with Crippen LogP contribution in [0.15, 0.2) is 53.7 Å². The maximum absolute atomic E-state index is 12.3. The average Bonchev–Trinajstić information content (AvgIpc) is 3.06. The number of aromatic nitrogens is 3. The number of carbonyl (C=O) groups excluding carboxylic acids is 1.